The molecule has 31 heavy (non-hydrogen) atoms. The van der Waals surface area contributed by atoms with Crippen molar-refractivity contribution in [2.75, 3.05) is 27.6 Å². The number of carbonyl (C=O) groups excluding carboxylic acids is 1. The number of sulfone groups is 1. The van der Waals surface area contributed by atoms with Crippen LogP contribution in [0.4, 0.5) is 0 Å². The Hall–Kier alpha value is -2.85. The van der Waals surface area contributed by atoms with Gasteiger partial charge < -0.3 is 18.8 Å². The van der Waals surface area contributed by atoms with E-state index >= 15 is 0 Å². The lowest BCUT2D eigenvalue weighted by atomic mass is 10.1. The summed E-state index contributed by atoms with van der Waals surface area (Å²) in [5.41, 5.74) is 1.11. The number of ether oxygens (including phenoxy) is 3. The van der Waals surface area contributed by atoms with Crippen LogP contribution in [0, 0.1) is 0 Å². The van der Waals surface area contributed by atoms with E-state index < -0.39 is 15.7 Å². The predicted octanol–water partition coefficient (Wildman–Crippen LogP) is 3.28. The molecular formula is C21H24N2O6S2. The van der Waals surface area contributed by atoms with Gasteiger partial charge in [-0.2, -0.15) is 4.99 Å². The summed E-state index contributed by atoms with van der Waals surface area (Å²) in [5, 5.41) is 0. The van der Waals surface area contributed by atoms with Crippen LogP contribution in [0.3, 0.4) is 0 Å². The molecule has 3 aromatic rings. The minimum atomic E-state index is -3.34. The van der Waals surface area contributed by atoms with Gasteiger partial charge >= 0.3 is 0 Å². The molecule has 0 N–H and O–H groups in total. The number of nitrogens with zero attached hydrogens (tertiary/aromatic N) is 2. The van der Waals surface area contributed by atoms with Crippen molar-refractivity contribution < 1.29 is 27.4 Å². The Balaban J connectivity index is 2.17. The molecule has 1 heterocycles. The number of thiazole rings is 1. The summed E-state index contributed by atoms with van der Waals surface area (Å²) < 4.78 is 42.4. The van der Waals surface area contributed by atoms with Gasteiger partial charge in [0.25, 0.3) is 5.91 Å². The van der Waals surface area contributed by atoms with Crippen molar-refractivity contribution >= 4 is 37.3 Å². The normalized spacial score (nSPS) is 12.2. The molecule has 10 heteroatoms. The third-order valence-corrected chi connectivity index (χ3v) is 6.79. The molecule has 8 nitrogen and oxygen atoms in total. The highest BCUT2D eigenvalue weighted by molar-refractivity contribution is 7.90. The standard InChI is InChI=1S/C21H24N2O6S2/c1-6-9-23-15-8-7-14(31(5,25)26)12-18(15)30-21(23)22-20(24)13-10-16(27-2)19(29-4)17(11-13)28-3/h7-8,10-12H,6,9H2,1-5H3. The van der Waals surface area contributed by atoms with Crippen LogP contribution in [-0.2, 0) is 16.4 Å². The van der Waals surface area contributed by atoms with Gasteiger partial charge in [0.2, 0.25) is 5.75 Å². The number of aryl methyl sites for hydroxylation is 1. The second-order valence-electron chi connectivity index (χ2n) is 6.77. The van der Waals surface area contributed by atoms with Gasteiger partial charge in [0.15, 0.2) is 26.1 Å². The average Bonchev–Trinajstić information content (AvgIpc) is 3.08. The summed E-state index contributed by atoms with van der Waals surface area (Å²) in [4.78, 5) is 18.0. The van der Waals surface area contributed by atoms with E-state index in [9.17, 15) is 13.2 Å². The lowest BCUT2D eigenvalue weighted by Crippen LogP contribution is -2.17. The molecule has 0 spiro atoms. The molecule has 0 saturated heterocycles. The third-order valence-electron chi connectivity index (χ3n) is 4.64. The molecule has 0 unspecified atom stereocenters. The molecule has 2 aromatic carbocycles. The number of carbonyl (C=O) groups is 1. The predicted molar refractivity (Wildman–Crippen MR) is 119 cm³/mol. The maximum absolute atomic E-state index is 13.0. The van der Waals surface area contributed by atoms with Crippen molar-refractivity contribution in [3.8, 4) is 17.2 Å². The maximum Gasteiger partial charge on any atom is 0.279 e. The van der Waals surface area contributed by atoms with E-state index in [1.165, 1.54) is 38.9 Å². The summed E-state index contributed by atoms with van der Waals surface area (Å²) in [6.45, 7) is 2.66. The fourth-order valence-corrected chi connectivity index (χ4v) is 4.98. The second kappa shape index (κ2) is 9.11. The molecule has 0 radical (unpaired) electrons. The molecule has 0 saturated carbocycles. The zero-order valence-corrected chi connectivity index (χ0v) is 19.6. The Bertz CT molecular complexity index is 1280. The van der Waals surface area contributed by atoms with Crippen molar-refractivity contribution in [2.24, 2.45) is 4.99 Å². The summed E-state index contributed by atoms with van der Waals surface area (Å²) in [5.74, 6) is 0.628. The SMILES string of the molecule is CCCn1c(=NC(=O)c2cc(OC)c(OC)c(OC)c2)sc2cc(S(C)(=O)=O)ccc21. The molecular weight excluding hydrogens is 440 g/mol. The first kappa shape index (κ1) is 22.8. The molecule has 0 bridgehead atoms. The Kier molecular flexibility index (Phi) is 6.71. The van der Waals surface area contributed by atoms with Crippen molar-refractivity contribution in [1.82, 2.24) is 4.57 Å². The molecule has 0 atom stereocenters. The number of hydrogen-bond donors (Lipinski definition) is 0. The highest BCUT2D eigenvalue weighted by atomic mass is 32.2. The van der Waals surface area contributed by atoms with Crippen LogP contribution in [0.2, 0.25) is 0 Å². The first-order valence-corrected chi connectivity index (χ1v) is 12.2. The van der Waals surface area contributed by atoms with E-state index in [2.05, 4.69) is 4.99 Å². The van der Waals surface area contributed by atoms with E-state index in [1.807, 2.05) is 11.5 Å². The van der Waals surface area contributed by atoms with Gasteiger partial charge in [-0.1, -0.05) is 18.3 Å². The van der Waals surface area contributed by atoms with E-state index in [1.54, 1.807) is 30.3 Å². The van der Waals surface area contributed by atoms with Crippen LogP contribution >= 0.6 is 11.3 Å². The van der Waals surface area contributed by atoms with Gasteiger partial charge in [-0.3, -0.25) is 4.79 Å². The van der Waals surface area contributed by atoms with Crippen LogP contribution in [0.5, 0.6) is 17.2 Å². The first-order valence-electron chi connectivity index (χ1n) is 9.46. The van der Waals surface area contributed by atoms with Crippen LogP contribution in [-0.4, -0.2) is 46.5 Å². The van der Waals surface area contributed by atoms with E-state index in [4.69, 9.17) is 14.2 Å². The average molecular weight is 465 g/mol. The van der Waals surface area contributed by atoms with Crippen LogP contribution in [0.15, 0.2) is 40.2 Å². The molecule has 166 valence electrons. The van der Waals surface area contributed by atoms with E-state index in [0.717, 1.165) is 16.6 Å². The summed E-state index contributed by atoms with van der Waals surface area (Å²) in [6.07, 6.45) is 1.99. The second-order valence-corrected chi connectivity index (χ2v) is 9.79. The molecule has 3 rings (SSSR count). The highest BCUT2D eigenvalue weighted by Gasteiger charge is 2.18. The number of rotatable bonds is 7. The third kappa shape index (κ3) is 4.59. The molecule has 1 aromatic heterocycles. The molecule has 0 aliphatic rings. The van der Waals surface area contributed by atoms with Gasteiger partial charge in [-0.15, -0.1) is 0 Å². The van der Waals surface area contributed by atoms with Crippen LogP contribution in [0.25, 0.3) is 10.2 Å². The molecule has 0 aliphatic heterocycles. The minimum absolute atomic E-state index is 0.229. The monoisotopic (exact) mass is 464 g/mol. The van der Waals surface area contributed by atoms with Gasteiger partial charge in [0, 0.05) is 18.4 Å². The fraction of sp³-hybridized carbons (Fsp3) is 0.333. The highest BCUT2D eigenvalue weighted by Crippen LogP contribution is 2.38. The van der Waals surface area contributed by atoms with Crippen LogP contribution in [0.1, 0.15) is 23.7 Å². The quantitative estimate of drug-likeness (QED) is 0.532. The Labute approximate surface area is 184 Å². The van der Waals surface area contributed by atoms with Crippen molar-refractivity contribution in [1.29, 1.82) is 0 Å². The van der Waals surface area contributed by atoms with Crippen LogP contribution < -0.4 is 19.0 Å². The molecule has 0 aliphatic carbocycles. The van der Waals surface area contributed by atoms with Gasteiger partial charge in [-0.05, 0) is 36.8 Å². The lowest BCUT2D eigenvalue weighted by Gasteiger charge is -2.12. The Morgan fingerprint density at radius 2 is 1.71 bits per heavy atom. The summed E-state index contributed by atoms with van der Waals surface area (Å²) in [7, 11) is 1.10. The summed E-state index contributed by atoms with van der Waals surface area (Å²) in [6, 6.07) is 8.03. The Morgan fingerprint density at radius 3 is 2.23 bits per heavy atom. The number of fused-ring (bicyclic) bond motifs is 1. The number of benzene rings is 2. The first-order chi connectivity index (χ1) is 14.7. The van der Waals surface area contributed by atoms with Crippen molar-refractivity contribution in [3.05, 3.63) is 40.7 Å². The fourth-order valence-electron chi connectivity index (χ4n) is 3.17. The number of aromatic nitrogens is 1. The Morgan fingerprint density at radius 1 is 1.06 bits per heavy atom. The zero-order valence-electron chi connectivity index (χ0n) is 18.0. The van der Waals surface area contributed by atoms with Gasteiger partial charge in [0.1, 0.15) is 0 Å². The minimum Gasteiger partial charge on any atom is -0.493 e. The lowest BCUT2D eigenvalue weighted by molar-refractivity contribution is 0.0997. The number of methoxy groups -OCH3 is 3. The van der Waals surface area contributed by atoms with Gasteiger partial charge in [0.05, 0.1) is 36.4 Å². The van der Waals surface area contributed by atoms with E-state index in [0.29, 0.717) is 28.6 Å². The van der Waals surface area contributed by atoms with Crippen molar-refractivity contribution in [2.45, 2.75) is 24.8 Å². The number of amides is 1. The summed E-state index contributed by atoms with van der Waals surface area (Å²) >= 11 is 1.27. The smallest absolute Gasteiger partial charge is 0.279 e. The van der Waals surface area contributed by atoms with E-state index in [-0.39, 0.29) is 10.5 Å². The van der Waals surface area contributed by atoms with Gasteiger partial charge in [-0.25, -0.2) is 8.42 Å². The number of hydrogen-bond acceptors (Lipinski definition) is 7. The largest absolute Gasteiger partial charge is 0.493 e. The maximum atomic E-state index is 13.0. The van der Waals surface area contributed by atoms with Crippen molar-refractivity contribution in [3.63, 3.8) is 0 Å². The molecule has 1 amide bonds. The topological polar surface area (TPSA) is 96.2 Å². The zero-order chi connectivity index (χ0) is 22.8. The molecule has 0 fully saturated rings.